The van der Waals surface area contributed by atoms with Crippen LogP contribution >= 0.6 is 0 Å². The first-order valence-corrected chi connectivity index (χ1v) is 8.30. The Bertz CT molecular complexity index is 811. The van der Waals surface area contributed by atoms with Crippen molar-refractivity contribution in [1.82, 2.24) is 10.6 Å². The molecule has 2 aromatic rings. The third-order valence-corrected chi connectivity index (χ3v) is 4.68. The van der Waals surface area contributed by atoms with E-state index in [0.29, 0.717) is 11.5 Å². The van der Waals surface area contributed by atoms with Crippen LogP contribution in [0.2, 0.25) is 0 Å². The Morgan fingerprint density at radius 1 is 1.17 bits per heavy atom. The first-order chi connectivity index (χ1) is 11.7. The van der Waals surface area contributed by atoms with E-state index in [1.807, 2.05) is 30.3 Å². The molecule has 1 fully saturated rings. The second-order valence-electron chi connectivity index (χ2n) is 6.44. The van der Waals surface area contributed by atoms with Gasteiger partial charge in [0.05, 0.1) is 11.6 Å². The number of amides is 1. The van der Waals surface area contributed by atoms with Gasteiger partial charge < -0.3 is 10.6 Å². The minimum Gasteiger partial charge on any atom is -0.386 e. The Morgan fingerprint density at radius 3 is 2.79 bits per heavy atom. The number of benzene rings is 2. The highest BCUT2D eigenvalue weighted by Crippen LogP contribution is 2.41. The van der Waals surface area contributed by atoms with E-state index < -0.39 is 0 Å². The minimum absolute atomic E-state index is 0.115. The van der Waals surface area contributed by atoms with Gasteiger partial charge in [0.1, 0.15) is 5.82 Å². The summed E-state index contributed by atoms with van der Waals surface area (Å²) in [6.07, 6.45) is 3.90. The summed E-state index contributed by atoms with van der Waals surface area (Å²) in [5.74, 6) is 0.00949. The molecular formula is C20H19FN2O. The predicted molar refractivity (Wildman–Crippen MR) is 91.3 cm³/mol. The maximum absolute atomic E-state index is 13.6. The van der Waals surface area contributed by atoms with E-state index in [1.54, 1.807) is 12.3 Å². The van der Waals surface area contributed by atoms with Gasteiger partial charge in [-0.25, -0.2) is 4.39 Å². The zero-order chi connectivity index (χ0) is 16.5. The molecule has 1 unspecified atom stereocenters. The van der Waals surface area contributed by atoms with Gasteiger partial charge in [-0.3, -0.25) is 4.79 Å². The van der Waals surface area contributed by atoms with Crippen LogP contribution in [0.1, 0.15) is 35.6 Å². The maximum atomic E-state index is 13.6. The molecule has 4 rings (SSSR count). The highest BCUT2D eigenvalue weighted by atomic mass is 19.1. The van der Waals surface area contributed by atoms with E-state index in [0.717, 1.165) is 36.1 Å². The van der Waals surface area contributed by atoms with E-state index in [1.165, 1.54) is 12.1 Å². The Labute approximate surface area is 140 Å². The van der Waals surface area contributed by atoms with Gasteiger partial charge in [-0.15, -0.1) is 0 Å². The molecule has 24 heavy (non-hydrogen) atoms. The molecule has 1 amide bonds. The molecule has 4 heteroatoms. The maximum Gasteiger partial charge on any atom is 0.253 e. The third-order valence-electron chi connectivity index (χ3n) is 4.68. The number of nitrogens with one attached hydrogen (secondary N) is 2. The van der Waals surface area contributed by atoms with Crippen molar-refractivity contribution in [3.05, 3.63) is 77.2 Å². The summed E-state index contributed by atoms with van der Waals surface area (Å²) >= 11 is 0. The lowest BCUT2D eigenvalue weighted by molar-refractivity contribution is -0.116. The average molecular weight is 322 g/mol. The Morgan fingerprint density at radius 2 is 2.00 bits per heavy atom. The third kappa shape index (κ3) is 2.92. The Kier molecular flexibility index (Phi) is 3.81. The van der Waals surface area contributed by atoms with Crippen molar-refractivity contribution in [2.24, 2.45) is 5.92 Å². The van der Waals surface area contributed by atoms with E-state index >= 15 is 0 Å². The fourth-order valence-corrected chi connectivity index (χ4v) is 3.29. The van der Waals surface area contributed by atoms with Crippen LogP contribution in [0.25, 0.3) is 5.57 Å². The van der Waals surface area contributed by atoms with Crippen molar-refractivity contribution < 1.29 is 9.18 Å². The molecular weight excluding hydrogens is 303 g/mol. The lowest BCUT2D eigenvalue weighted by Gasteiger charge is -2.23. The summed E-state index contributed by atoms with van der Waals surface area (Å²) in [5.41, 5.74) is 3.55. The molecule has 3 nitrogen and oxygen atoms in total. The van der Waals surface area contributed by atoms with Gasteiger partial charge in [0.2, 0.25) is 0 Å². The van der Waals surface area contributed by atoms with Crippen molar-refractivity contribution in [3.63, 3.8) is 0 Å². The molecule has 0 radical (unpaired) electrons. The summed E-state index contributed by atoms with van der Waals surface area (Å²) in [7, 11) is 0. The number of fused-ring (bicyclic) bond motifs is 1. The van der Waals surface area contributed by atoms with Gasteiger partial charge in [-0.1, -0.05) is 36.4 Å². The summed E-state index contributed by atoms with van der Waals surface area (Å²) < 4.78 is 13.6. The number of halogens is 1. The minimum atomic E-state index is -0.267. The average Bonchev–Trinajstić information content (AvgIpc) is 3.44. The standard InChI is InChI=1S/C20H19FN2O/c21-16-6-3-5-14(10-16)19(13-8-9-13)23-20(24)18-12-22-11-15-4-1-2-7-17(15)18/h1-7,10,12-13,19,22H,8-9,11H2,(H,23,24). The predicted octanol–water partition coefficient (Wildman–Crippen LogP) is 3.54. The van der Waals surface area contributed by atoms with Crippen molar-refractivity contribution in [1.29, 1.82) is 0 Å². The number of carbonyl (C=O) groups is 1. The molecule has 2 N–H and O–H groups in total. The second-order valence-corrected chi connectivity index (χ2v) is 6.44. The Balaban J connectivity index is 1.59. The quantitative estimate of drug-likeness (QED) is 0.904. The SMILES string of the molecule is O=C(NC(c1cccc(F)c1)C1CC1)C1=CNCc2ccccc21. The molecule has 2 aromatic carbocycles. The Hall–Kier alpha value is -2.62. The molecule has 1 saturated carbocycles. The highest BCUT2D eigenvalue weighted by molar-refractivity contribution is 6.20. The van der Waals surface area contributed by atoms with Gasteiger partial charge >= 0.3 is 0 Å². The first-order valence-electron chi connectivity index (χ1n) is 8.30. The molecule has 0 aromatic heterocycles. The van der Waals surface area contributed by atoms with Gasteiger partial charge in [-0.2, -0.15) is 0 Å². The van der Waals surface area contributed by atoms with E-state index in [2.05, 4.69) is 10.6 Å². The fourth-order valence-electron chi connectivity index (χ4n) is 3.29. The van der Waals surface area contributed by atoms with Crippen LogP contribution in [0.4, 0.5) is 4.39 Å². The number of hydrogen-bond acceptors (Lipinski definition) is 2. The van der Waals surface area contributed by atoms with Crippen LogP contribution in [-0.2, 0) is 11.3 Å². The molecule has 1 aliphatic carbocycles. The zero-order valence-electron chi connectivity index (χ0n) is 13.3. The van der Waals surface area contributed by atoms with Crippen LogP contribution in [0.3, 0.4) is 0 Å². The van der Waals surface area contributed by atoms with Crippen LogP contribution in [0.15, 0.2) is 54.7 Å². The van der Waals surface area contributed by atoms with Crippen LogP contribution in [0, 0.1) is 11.7 Å². The van der Waals surface area contributed by atoms with Crippen LogP contribution in [0.5, 0.6) is 0 Å². The summed E-state index contributed by atoms with van der Waals surface area (Å²) in [6.45, 7) is 0.725. The van der Waals surface area contributed by atoms with E-state index in [-0.39, 0.29) is 17.8 Å². The molecule has 1 atom stereocenters. The topological polar surface area (TPSA) is 41.1 Å². The molecule has 0 bridgehead atoms. The van der Waals surface area contributed by atoms with E-state index in [9.17, 15) is 9.18 Å². The first kappa shape index (κ1) is 14.9. The lowest BCUT2D eigenvalue weighted by atomic mass is 9.96. The van der Waals surface area contributed by atoms with Crippen LogP contribution in [-0.4, -0.2) is 5.91 Å². The van der Waals surface area contributed by atoms with Gasteiger partial charge in [0, 0.05) is 12.7 Å². The number of rotatable bonds is 4. The number of carbonyl (C=O) groups excluding carboxylic acids is 1. The molecule has 122 valence electrons. The number of hydrogen-bond donors (Lipinski definition) is 2. The highest BCUT2D eigenvalue weighted by Gasteiger charge is 2.34. The van der Waals surface area contributed by atoms with Gasteiger partial charge in [-0.05, 0) is 47.6 Å². The summed E-state index contributed by atoms with van der Waals surface area (Å²) in [6, 6.07) is 14.3. The lowest BCUT2D eigenvalue weighted by Crippen LogP contribution is -2.32. The summed E-state index contributed by atoms with van der Waals surface area (Å²) in [4.78, 5) is 12.8. The molecule has 1 aliphatic heterocycles. The molecule has 1 heterocycles. The van der Waals surface area contributed by atoms with Crippen LogP contribution < -0.4 is 10.6 Å². The van der Waals surface area contributed by atoms with Crippen molar-refractivity contribution in [2.75, 3.05) is 0 Å². The largest absolute Gasteiger partial charge is 0.386 e. The van der Waals surface area contributed by atoms with Gasteiger partial charge in [0.15, 0.2) is 0 Å². The van der Waals surface area contributed by atoms with Gasteiger partial charge in [0.25, 0.3) is 5.91 Å². The monoisotopic (exact) mass is 322 g/mol. The van der Waals surface area contributed by atoms with Crippen molar-refractivity contribution in [3.8, 4) is 0 Å². The molecule has 0 saturated heterocycles. The van der Waals surface area contributed by atoms with Crippen molar-refractivity contribution in [2.45, 2.75) is 25.4 Å². The zero-order valence-corrected chi connectivity index (χ0v) is 13.3. The summed E-state index contributed by atoms with van der Waals surface area (Å²) in [5, 5.41) is 6.28. The second kappa shape index (κ2) is 6.11. The molecule has 0 spiro atoms. The molecule has 2 aliphatic rings. The van der Waals surface area contributed by atoms with E-state index in [4.69, 9.17) is 0 Å². The normalized spacial score (nSPS) is 17.3. The van der Waals surface area contributed by atoms with Crippen molar-refractivity contribution >= 4 is 11.5 Å². The smallest absolute Gasteiger partial charge is 0.253 e. The fraction of sp³-hybridized carbons (Fsp3) is 0.250.